The summed E-state index contributed by atoms with van der Waals surface area (Å²) in [5.74, 6) is 0. The van der Waals surface area contributed by atoms with Gasteiger partial charge in [-0.1, -0.05) is 36.4 Å². The Kier molecular flexibility index (Phi) is 4.82. The highest BCUT2D eigenvalue weighted by molar-refractivity contribution is 7.56. The minimum atomic E-state index is -3.23. The molecule has 0 aliphatic carbocycles. The van der Waals surface area contributed by atoms with Crippen molar-refractivity contribution in [2.75, 3.05) is 13.2 Å². The van der Waals surface area contributed by atoms with Crippen molar-refractivity contribution in [2.24, 2.45) is 0 Å². The number of hydrogen-bond acceptors (Lipinski definition) is 4. The molecule has 1 aliphatic rings. The Morgan fingerprint density at radius 2 is 1.90 bits per heavy atom. The molecule has 0 radical (unpaired) electrons. The van der Waals surface area contributed by atoms with Crippen LogP contribution in [0.4, 0.5) is 0 Å². The van der Waals surface area contributed by atoms with E-state index < -0.39 is 12.9 Å². The minimum absolute atomic E-state index is 0.0226. The van der Waals surface area contributed by atoms with Crippen LogP contribution in [0.15, 0.2) is 43.0 Å². The number of hydrogen-bond donors (Lipinski definition) is 1. The van der Waals surface area contributed by atoms with Crippen LogP contribution in [0.1, 0.15) is 31.9 Å². The maximum Gasteiger partial charge on any atom is 0.352 e. The highest BCUT2D eigenvalue weighted by Crippen LogP contribution is 2.71. The lowest BCUT2D eigenvalue weighted by atomic mass is 10.1. The summed E-state index contributed by atoms with van der Waals surface area (Å²) in [6.45, 7) is 8.15. The van der Waals surface area contributed by atoms with Gasteiger partial charge in [-0.15, -0.1) is 6.58 Å². The van der Waals surface area contributed by atoms with E-state index in [4.69, 9.17) is 9.05 Å². The van der Waals surface area contributed by atoms with E-state index in [0.717, 1.165) is 5.56 Å². The lowest BCUT2D eigenvalue weighted by molar-refractivity contribution is 0.207. The van der Waals surface area contributed by atoms with Crippen molar-refractivity contribution >= 4 is 7.60 Å². The summed E-state index contributed by atoms with van der Waals surface area (Å²) < 4.78 is 24.2. The van der Waals surface area contributed by atoms with Gasteiger partial charge >= 0.3 is 7.60 Å². The first-order chi connectivity index (χ1) is 9.63. The quantitative estimate of drug-likeness (QED) is 0.449. The van der Waals surface area contributed by atoms with E-state index in [-0.39, 0.29) is 6.04 Å². The zero-order valence-electron chi connectivity index (χ0n) is 12.0. The smallest absolute Gasteiger partial charge is 0.308 e. The number of nitrogens with one attached hydrogen (secondary N) is 1. The van der Waals surface area contributed by atoms with Gasteiger partial charge in [0.2, 0.25) is 0 Å². The van der Waals surface area contributed by atoms with Crippen molar-refractivity contribution in [2.45, 2.75) is 31.6 Å². The molecule has 0 unspecified atom stereocenters. The third kappa shape index (κ3) is 2.61. The SMILES string of the molecule is C=CC[C@@]1(P(=O)(OCC)OCC)N[C@@H]1c1ccccc1. The predicted octanol–water partition coefficient (Wildman–Crippen LogP) is 3.87. The van der Waals surface area contributed by atoms with E-state index in [1.54, 1.807) is 6.08 Å². The van der Waals surface area contributed by atoms with Crippen LogP contribution in [0.5, 0.6) is 0 Å². The van der Waals surface area contributed by atoms with Crippen LogP contribution in [0.25, 0.3) is 0 Å². The average Bonchev–Trinajstić information content (AvgIpc) is 3.17. The molecule has 1 aromatic carbocycles. The lowest BCUT2D eigenvalue weighted by Gasteiger charge is -2.25. The van der Waals surface area contributed by atoms with Crippen molar-refractivity contribution in [3.63, 3.8) is 0 Å². The van der Waals surface area contributed by atoms with E-state index in [9.17, 15) is 4.57 Å². The Hall–Kier alpha value is -0.930. The van der Waals surface area contributed by atoms with Gasteiger partial charge in [0.05, 0.1) is 19.3 Å². The summed E-state index contributed by atoms with van der Waals surface area (Å²) >= 11 is 0. The van der Waals surface area contributed by atoms with Crippen molar-refractivity contribution in [3.05, 3.63) is 48.6 Å². The van der Waals surface area contributed by atoms with Gasteiger partial charge in [-0.05, 0) is 25.8 Å². The van der Waals surface area contributed by atoms with Crippen LogP contribution < -0.4 is 5.32 Å². The molecule has 1 fully saturated rings. The zero-order chi connectivity index (χ0) is 14.6. The van der Waals surface area contributed by atoms with E-state index in [0.29, 0.717) is 19.6 Å². The van der Waals surface area contributed by atoms with Gasteiger partial charge in [-0.25, -0.2) is 0 Å². The summed E-state index contributed by atoms with van der Waals surface area (Å²) in [7, 11) is -3.23. The molecule has 1 saturated heterocycles. The Bertz CT molecular complexity index is 495. The molecule has 0 spiro atoms. The van der Waals surface area contributed by atoms with E-state index in [1.807, 2.05) is 44.2 Å². The maximum absolute atomic E-state index is 13.1. The van der Waals surface area contributed by atoms with Crippen LogP contribution in [0, 0.1) is 0 Å². The summed E-state index contributed by atoms with van der Waals surface area (Å²) in [6, 6.07) is 9.92. The highest BCUT2D eigenvalue weighted by atomic mass is 31.2. The van der Waals surface area contributed by atoms with Crippen molar-refractivity contribution in [1.82, 2.24) is 5.32 Å². The molecule has 1 N–H and O–H groups in total. The molecular formula is C15H22NO3P. The van der Waals surface area contributed by atoms with Crippen LogP contribution in [0.3, 0.4) is 0 Å². The fraction of sp³-hybridized carbons (Fsp3) is 0.467. The molecule has 0 amide bonds. The molecule has 5 heteroatoms. The second-order valence-electron chi connectivity index (χ2n) is 4.74. The maximum atomic E-state index is 13.1. The molecule has 1 aliphatic heterocycles. The summed E-state index contributed by atoms with van der Waals surface area (Å²) in [6.07, 6.45) is 2.31. The summed E-state index contributed by atoms with van der Waals surface area (Å²) in [5.41, 5.74) is 1.09. The van der Waals surface area contributed by atoms with Gasteiger partial charge in [-0.2, -0.15) is 0 Å². The first-order valence-corrected chi connectivity index (χ1v) is 8.50. The summed E-state index contributed by atoms with van der Waals surface area (Å²) in [5, 5.41) is 2.65. The largest absolute Gasteiger partial charge is 0.352 e. The molecule has 2 atom stereocenters. The normalized spacial score (nSPS) is 25.4. The third-order valence-corrected chi connectivity index (χ3v) is 6.21. The minimum Gasteiger partial charge on any atom is -0.308 e. The first kappa shape index (κ1) is 15.5. The topological polar surface area (TPSA) is 57.5 Å². The highest BCUT2D eigenvalue weighted by Gasteiger charge is 2.67. The predicted molar refractivity (Wildman–Crippen MR) is 80.7 cm³/mol. The molecule has 1 heterocycles. The van der Waals surface area contributed by atoms with Crippen molar-refractivity contribution in [1.29, 1.82) is 0 Å². The molecular weight excluding hydrogens is 273 g/mol. The molecule has 2 rings (SSSR count). The van der Waals surface area contributed by atoms with Gasteiger partial charge in [0.1, 0.15) is 5.28 Å². The zero-order valence-corrected chi connectivity index (χ0v) is 12.9. The van der Waals surface area contributed by atoms with Gasteiger partial charge in [0, 0.05) is 0 Å². The Morgan fingerprint density at radius 3 is 2.40 bits per heavy atom. The van der Waals surface area contributed by atoms with Gasteiger partial charge < -0.3 is 9.05 Å². The van der Waals surface area contributed by atoms with E-state index in [2.05, 4.69) is 11.9 Å². The Balaban J connectivity index is 2.32. The fourth-order valence-electron chi connectivity index (χ4n) is 2.57. The van der Waals surface area contributed by atoms with Gasteiger partial charge in [0.25, 0.3) is 0 Å². The molecule has 0 saturated carbocycles. The van der Waals surface area contributed by atoms with E-state index in [1.165, 1.54) is 0 Å². The van der Waals surface area contributed by atoms with Crippen molar-refractivity contribution in [3.8, 4) is 0 Å². The standard InChI is InChI=1S/C15H22NO3P/c1-4-12-15(20(17,18-5-2)19-6-3)14(16-15)13-10-8-7-9-11-13/h4,7-11,14,16H,1,5-6,12H2,2-3H3/t14-,15+/m1/s1. The molecule has 4 nitrogen and oxygen atoms in total. The first-order valence-electron chi connectivity index (χ1n) is 6.96. The Labute approximate surface area is 120 Å². The van der Waals surface area contributed by atoms with Crippen LogP contribution in [0.2, 0.25) is 0 Å². The lowest BCUT2D eigenvalue weighted by Crippen LogP contribution is -2.19. The molecule has 110 valence electrons. The van der Waals surface area contributed by atoms with Crippen LogP contribution >= 0.6 is 7.60 Å². The molecule has 20 heavy (non-hydrogen) atoms. The number of rotatable bonds is 8. The monoisotopic (exact) mass is 295 g/mol. The van der Waals surface area contributed by atoms with Crippen LogP contribution in [-0.2, 0) is 13.6 Å². The molecule has 0 aromatic heterocycles. The fourth-order valence-corrected chi connectivity index (χ4v) is 4.89. The molecule has 1 aromatic rings. The molecule has 0 bridgehead atoms. The second-order valence-corrected chi connectivity index (χ2v) is 7.05. The van der Waals surface area contributed by atoms with Crippen molar-refractivity contribution < 1.29 is 13.6 Å². The average molecular weight is 295 g/mol. The van der Waals surface area contributed by atoms with Crippen LogP contribution in [-0.4, -0.2) is 18.5 Å². The van der Waals surface area contributed by atoms with Gasteiger partial charge in [-0.3, -0.25) is 9.88 Å². The Morgan fingerprint density at radius 1 is 1.30 bits per heavy atom. The van der Waals surface area contributed by atoms with E-state index >= 15 is 0 Å². The second kappa shape index (κ2) is 6.23. The third-order valence-electron chi connectivity index (χ3n) is 3.46. The number of benzene rings is 1. The summed E-state index contributed by atoms with van der Waals surface area (Å²) in [4.78, 5) is 0. The van der Waals surface area contributed by atoms with Gasteiger partial charge in [0.15, 0.2) is 0 Å².